The van der Waals surface area contributed by atoms with Gasteiger partial charge in [0.2, 0.25) is 0 Å². The standard InChI is InChI=1S/C10H6ClNO2S.Ag/c11-9-7(10(13)14)8(15-12-9)6-4-2-1-3-5-6;/h1-5H,(H,13,14);/q;+1/p-1. The summed E-state index contributed by atoms with van der Waals surface area (Å²) in [5.74, 6) is -1.30. The molecule has 0 aliphatic heterocycles. The fourth-order valence-corrected chi connectivity index (χ4v) is 2.34. The average molecular weight is 347 g/mol. The first-order chi connectivity index (χ1) is 7.20. The Labute approximate surface area is 117 Å². The molecular weight excluding hydrogens is 342 g/mol. The van der Waals surface area contributed by atoms with Crippen molar-refractivity contribution in [1.29, 1.82) is 0 Å². The summed E-state index contributed by atoms with van der Waals surface area (Å²) in [4.78, 5) is 11.4. The third-order valence-electron chi connectivity index (χ3n) is 1.89. The van der Waals surface area contributed by atoms with Crippen LogP contribution in [0.3, 0.4) is 0 Å². The number of benzene rings is 1. The van der Waals surface area contributed by atoms with Gasteiger partial charge in [-0.1, -0.05) is 41.9 Å². The number of halogens is 1. The van der Waals surface area contributed by atoms with Gasteiger partial charge in [-0.3, -0.25) is 0 Å². The van der Waals surface area contributed by atoms with Crippen LogP contribution < -0.4 is 5.11 Å². The zero-order valence-electron chi connectivity index (χ0n) is 7.74. The summed E-state index contributed by atoms with van der Waals surface area (Å²) in [6, 6.07) is 9.10. The zero-order chi connectivity index (χ0) is 10.8. The van der Waals surface area contributed by atoms with E-state index in [0.717, 1.165) is 17.1 Å². The van der Waals surface area contributed by atoms with Crippen molar-refractivity contribution in [2.45, 2.75) is 0 Å². The molecule has 6 heteroatoms. The number of aromatic carboxylic acids is 1. The molecule has 0 amide bonds. The molecule has 0 aliphatic carbocycles. The van der Waals surface area contributed by atoms with E-state index in [9.17, 15) is 9.90 Å². The number of hydrogen-bond donors (Lipinski definition) is 0. The number of carbonyl (C=O) groups excluding carboxylic acids is 1. The second kappa shape index (κ2) is 5.61. The molecule has 3 nitrogen and oxygen atoms in total. The van der Waals surface area contributed by atoms with E-state index < -0.39 is 5.97 Å². The van der Waals surface area contributed by atoms with Crippen LogP contribution in [0.5, 0.6) is 0 Å². The minimum absolute atomic E-state index is 0. The normalized spacial score (nSPS) is 9.56. The molecule has 1 aromatic heterocycles. The predicted molar refractivity (Wildman–Crippen MR) is 56.9 cm³/mol. The van der Waals surface area contributed by atoms with Gasteiger partial charge in [0.25, 0.3) is 0 Å². The van der Waals surface area contributed by atoms with E-state index in [-0.39, 0.29) is 33.1 Å². The van der Waals surface area contributed by atoms with E-state index in [1.807, 2.05) is 18.2 Å². The first kappa shape index (κ1) is 13.4. The van der Waals surface area contributed by atoms with E-state index in [1.165, 1.54) is 0 Å². The molecule has 0 spiro atoms. The van der Waals surface area contributed by atoms with Gasteiger partial charge in [-0.15, -0.1) is 0 Å². The topological polar surface area (TPSA) is 53.0 Å². The summed E-state index contributed by atoms with van der Waals surface area (Å²) in [6.45, 7) is 0. The molecule has 0 aliphatic rings. The average Bonchev–Trinajstić information content (AvgIpc) is 2.61. The summed E-state index contributed by atoms with van der Waals surface area (Å²) < 4.78 is 3.80. The summed E-state index contributed by atoms with van der Waals surface area (Å²) in [7, 11) is 0. The van der Waals surface area contributed by atoms with Gasteiger partial charge in [-0.25, -0.2) is 0 Å². The van der Waals surface area contributed by atoms with Gasteiger partial charge in [0.15, 0.2) is 5.15 Å². The van der Waals surface area contributed by atoms with Gasteiger partial charge in [0, 0.05) is 0 Å². The molecule has 0 fully saturated rings. The van der Waals surface area contributed by atoms with Crippen LogP contribution >= 0.6 is 23.1 Å². The molecule has 86 valence electrons. The second-order valence-electron chi connectivity index (χ2n) is 2.83. The van der Waals surface area contributed by atoms with Crippen molar-refractivity contribution in [3.63, 3.8) is 0 Å². The number of carboxylic acids is 1. The second-order valence-corrected chi connectivity index (χ2v) is 3.96. The summed E-state index contributed by atoms with van der Waals surface area (Å²) in [5.41, 5.74) is 0.744. The van der Waals surface area contributed by atoms with Crippen molar-refractivity contribution in [1.82, 2.24) is 4.37 Å². The summed E-state index contributed by atoms with van der Waals surface area (Å²) in [5, 5.41) is 10.8. The third kappa shape index (κ3) is 2.53. The minimum atomic E-state index is -1.30. The van der Waals surface area contributed by atoms with Gasteiger partial charge in [0.1, 0.15) is 0 Å². The largest absolute Gasteiger partial charge is 1.00 e. The SMILES string of the molecule is O=C([O-])c1c(Cl)nsc1-c1ccccc1.[Ag+]. The van der Waals surface area contributed by atoms with Crippen LogP contribution in [0, 0.1) is 0 Å². The first-order valence-corrected chi connectivity index (χ1v) is 5.27. The number of carbonyl (C=O) groups is 1. The number of rotatable bonds is 2. The molecule has 0 saturated carbocycles. The molecule has 16 heavy (non-hydrogen) atoms. The maximum absolute atomic E-state index is 10.8. The molecule has 0 radical (unpaired) electrons. The number of aromatic nitrogens is 1. The molecule has 0 saturated heterocycles. The summed E-state index contributed by atoms with van der Waals surface area (Å²) >= 11 is 6.72. The molecule has 2 aromatic rings. The van der Waals surface area contributed by atoms with Crippen LogP contribution in [0.15, 0.2) is 30.3 Å². The van der Waals surface area contributed by atoms with E-state index in [4.69, 9.17) is 11.6 Å². The van der Waals surface area contributed by atoms with E-state index in [2.05, 4.69) is 4.37 Å². The van der Waals surface area contributed by atoms with Crippen LogP contribution in [0.2, 0.25) is 5.15 Å². The molecule has 1 heterocycles. The minimum Gasteiger partial charge on any atom is -0.545 e. The Balaban J connectivity index is 0.00000128. The number of hydrogen-bond acceptors (Lipinski definition) is 4. The van der Waals surface area contributed by atoms with Crippen LogP contribution in [-0.4, -0.2) is 10.3 Å². The van der Waals surface area contributed by atoms with Crippen molar-refractivity contribution >= 4 is 29.1 Å². The monoisotopic (exact) mass is 345 g/mol. The quantitative estimate of drug-likeness (QED) is 0.780. The Morgan fingerprint density at radius 1 is 1.31 bits per heavy atom. The summed E-state index contributed by atoms with van der Waals surface area (Å²) in [6.07, 6.45) is 0. The molecular formula is C10H5AgClNO2S. The molecule has 0 N–H and O–H groups in total. The Hall–Kier alpha value is -0.650. The Morgan fingerprint density at radius 2 is 1.94 bits per heavy atom. The van der Waals surface area contributed by atoms with E-state index in [1.54, 1.807) is 12.1 Å². The van der Waals surface area contributed by atoms with Gasteiger partial charge < -0.3 is 9.90 Å². The van der Waals surface area contributed by atoms with Crippen molar-refractivity contribution in [2.75, 3.05) is 0 Å². The third-order valence-corrected chi connectivity index (χ3v) is 3.16. The van der Waals surface area contributed by atoms with Crippen molar-refractivity contribution in [3.8, 4) is 10.4 Å². The van der Waals surface area contributed by atoms with E-state index >= 15 is 0 Å². The smallest absolute Gasteiger partial charge is 0.545 e. The first-order valence-electron chi connectivity index (χ1n) is 4.12. The predicted octanol–water partition coefficient (Wildman–Crippen LogP) is 1.82. The van der Waals surface area contributed by atoms with Gasteiger partial charge >= 0.3 is 22.4 Å². The van der Waals surface area contributed by atoms with Crippen molar-refractivity contribution in [2.24, 2.45) is 0 Å². The molecule has 2 rings (SSSR count). The Bertz CT molecular complexity index is 501. The molecule has 0 bridgehead atoms. The van der Waals surface area contributed by atoms with Gasteiger partial charge in [-0.2, -0.15) is 4.37 Å². The number of carboxylic acid groups (broad SMARTS) is 1. The fourth-order valence-electron chi connectivity index (χ4n) is 1.23. The van der Waals surface area contributed by atoms with Crippen molar-refractivity contribution < 1.29 is 32.3 Å². The van der Waals surface area contributed by atoms with Gasteiger partial charge in [0.05, 0.1) is 16.4 Å². The van der Waals surface area contributed by atoms with E-state index in [0.29, 0.717) is 4.88 Å². The molecule has 0 unspecified atom stereocenters. The fraction of sp³-hybridized carbons (Fsp3) is 0. The van der Waals surface area contributed by atoms with Crippen LogP contribution in [0.1, 0.15) is 10.4 Å². The van der Waals surface area contributed by atoms with Crippen LogP contribution in [-0.2, 0) is 22.4 Å². The maximum atomic E-state index is 10.8. The Kier molecular flexibility index (Phi) is 4.70. The Morgan fingerprint density at radius 3 is 2.50 bits per heavy atom. The van der Waals surface area contributed by atoms with Crippen molar-refractivity contribution in [3.05, 3.63) is 41.0 Å². The number of nitrogens with zero attached hydrogens (tertiary/aromatic N) is 1. The van der Waals surface area contributed by atoms with Crippen LogP contribution in [0.25, 0.3) is 10.4 Å². The molecule has 1 aromatic carbocycles. The zero-order valence-corrected chi connectivity index (χ0v) is 10.8. The van der Waals surface area contributed by atoms with Gasteiger partial charge in [-0.05, 0) is 17.1 Å². The molecule has 0 atom stereocenters. The van der Waals surface area contributed by atoms with Crippen LogP contribution in [0.4, 0.5) is 0 Å². The maximum Gasteiger partial charge on any atom is 1.00 e.